The number of benzene rings is 1. The van der Waals surface area contributed by atoms with Crippen LogP contribution in [0.15, 0.2) is 42.7 Å². The van der Waals surface area contributed by atoms with Crippen LogP contribution in [0.4, 0.5) is 17.2 Å². The van der Waals surface area contributed by atoms with Crippen LogP contribution >= 0.6 is 0 Å². The molecule has 7 rings (SSSR count). The third kappa shape index (κ3) is 3.98. The van der Waals surface area contributed by atoms with E-state index in [1.54, 1.807) is 0 Å². The number of anilines is 3. The standard InChI is InChI=1S/C29H31N7O3/c1-34(2)14-17-12-24(33-29-26(17)36-10-11-38-15-18(36)16-39-29)32-23-5-4-19(22-13-31-28(37)25(22)23)20-6-8-30-27-21(20)7-9-35(27)3/h4-9,12,18H,10-11,13-16H2,1-3H3,(H,31,37)(H,32,33)/t18-/m1/s1. The van der Waals surface area contributed by atoms with Crippen molar-refractivity contribution in [2.75, 3.05) is 50.7 Å². The molecule has 0 unspecified atom stereocenters. The molecule has 2 N–H and O–H groups in total. The lowest BCUT2D eigenvalue weighted by Crippen LogP contribution is -2.51. The lowest BCUT2D eigenvalue weighted by molar-refractivity contribution is 0.0690. The van der Waals surface area contributed by atoms with E-state index in [4.69, 9.17) is 14.5 Å². The molecule has 4 aromatic rings. The van der Waals surface area contributed by atoms with Crippen molar-refractivity contribution < 1.29 is 14.3 Å². The Morgan fingerprint density at radius 2 is 2.08 bits per heavy atom. The van der Waals surface area contributed by atoms with Crippen LogP contribution in [0.25, 0.3) is 22.2 Å². The third-order valence-corrected chi connectivity index (χ3v) is 7.74. The van der Waals surface area contributed by atoms with E-state index in [0.717, 1.165) is 57.8 Å². The second-order valence-corrected chi connectivity index (χ2v) is 10.6. The number of carbonyl (C=O) groups excluding carboxylic acids is 1. The van der Waals surface area contributed by atoms with E-state index in [1.165, 1.54) is 0 Å². The van der Waals surface area contributed by atoms with Crippen molar-refractivity contribution in [1.82, 2.24) is 24.8 Å². The number of hydrogen-bond acceptors (Lipinski definition) is 8. The first-order valence-electron chi connectivity index (χ1n) is 13.3. The SMILES string of the molecule is CN(C)Cc1cc(Nc2ccc(-c3ccnc4c3ccn4C)c3c2C(=O)NC3)nc2c1N1CCOC[C@@H]1CO2. The molecule has 1 saturated heterocycles. The van der Waals surface area contributed by atoms with Gasteiger partial charge in [0.25, 0.3) is 5.91 Å². The maximum atomic E-state index is 13.1. The third-order valence-electron chi connectivity index (χ3n) is 7.74. The predicted octanol–water partition coefficient (Wildman–Crippen LogP) is 3.28. The zero-order chi connectivity index (χ0) is 26.7. The highest BCUT2D eigenvalue weighted by Gasteiger charge is 2.34. The molecule has 10 heteroatoms. The molecule has 3 aliphatic rings. The Bertz CT molecular complexity index is 1610. The zero-order valence-corrected chi connectivity index (χ0v) is 22.3. The molecule has 0 bridgehead atoms. The van der Waals surface area contributed by atoms with Crippen LogP contribution in [-0.2, 0) is 24.9 Å². The molecule has 0 saturated carbocycles. The maximum Gasteiger partial charge on any atom is 0.254 e. The highest BCUT2D eigenvalue weighted by molar-refractivity contribution is 6.07. The fraction of sp³-hybridized carbons (Fsp3) is 0.345. The van der Waals surface area contributed by atoms with Crippen molar-refractivity contribution in [3.05, 3.63) is 59.4 Å². The number of ether oxygens (including phenoxy) is 2. The van der Waals surface area contributed by atoms with Crippen molar-refractivity contribution in [1.29, 1.82) is 0 Å². The molecule has 39 heavy (non-hydrogen) atoms. The second-order valence-electron chi connectivity index (χ2n) is 10.6. The normalized spacial score (nSPS) is 18.0. The smallest absolute Gasteiger partial charge is 0.254 e. The number of morpholine rings is 1. The average molecular weight is 526 g/mol. The molecule has 0 aliphatic carbocycles. The summed E-state index contributed by atoms with van der Waals surface area (Å²) in [5.41, 5.74) is 7.52. The van der Waals surface area contributed by atoms with Gasteiger partial charge in [0.2, 0.25) is 5.88 Å². The van der Waals surface area contributed by atoms with Crippen LogP contribution in [-0.4, -0.2) is 71.8 Å². The molecule has 1 fully saturated rings. The molecule has 200 valence electrons. The number of rotatable bonds is 5. The summed E-state index contributed by atoms with van der Waals surface area (Å²) in [4.78, 5) is 27.0. The zero-order valence-electron chi connectivity index (χ0n) is 22.3. The second kappa shape index (κ2) is 9.25. The Hall–Kier alpha value is -4.15. The summed E-state index contributed by atoms with van der Waals surface area (Å²) < 4.78 is 13.8. The molecule has 1 aromatic carbocycles. The van der Waals surface area contributed by atoms with Gasteiger partial charge in [0, 0.05) is 44.5 Å². The molecule has 10 nitrogen and oxygen atoms in total. The van der Waals surface area contributed by atoms with Gasteiger partial charge < -0.3 is 34.5 Å². The van der Waals surface area contributed by atoms with Gasteiger partial charge in [-0.15, -0.1) is 0 Å². The lowest BCUT2D eigenvalue weighted by atomic mass is 9.94. The fourth-order valence-corrected chi connectivity index (χ4v) is 6.00. The van der Waals surface area contributed by atoms with Crippen LogP contribution < -0.4 is 20.3 Å². The van der Waals surface area contributed by atoms with Gasteiger partial charge in [-0.3, -0.25) is 4.79 Å². The van der Waals surface area contributed by atoms with E-state index in [2.05, 4.69) is 57.7 Å². The first-order valence-corrected chi connectivity index (χ1v) is 13.3. The summed E-state index contributed by atoms with van der Waals surface area (Å²) in [7, 11) is 6.10. The largest absolute Gasteiger partial charge is 0.474 e. The summed E-state index contributed by atoms with van der Waals surface area (Å²) in [5.74, 6) is 1.18. The maximum absolute atomic E-state index is 13.1. The first-order chi connectivity index (χ1) is 19.0. The number of carbonyl (C=O) groups is 1. The van der Waals surface area contributed by atoms with Gasteiger partial charge in [0.05, 0.1) is 30.5 Å². The van der Waals surface area contributed by atoms with Crippen molar-refractivity contribution in [3.63, 3.8) is 0 Å². The summed E-state index contributed by atoms with van der Waals surface area (Å²) >= 11 is 0. The van der Waals surface area contributed by atoms with Gasteiger partial charge in [0.1, 0.15) is 23.8 Å². The molecule has 1 amide bonds. The van der Waals surface area contributed by atoms with Gasteiger partial charge in [0.15, 0.2) is 0 Å². The van der Waals surface area contributed by atoms with E-state index in [-0.39, 0.29) is 11.9 Å². The predicted molar refractivity (Wildman–Crippen MR) is 150 cm³/mol. The number of pyridine rings is 2. The number of fused-ring (bicyclic) bond motifs is 5. The van der Waals surface area contributed by atoms with E-state index in [1.807, 2.05) is 36.1 Å². The number of nitrogens with zero attached hydrogens (tertiary/aromatic N) is 5. The minimum atomic E-state index is -0.0911. The van der Waals surface area contributed by atoms with Gasteiger partial charge in [-0.1, -0.05) is 6.07 Å². The number of nitrogens with one attached hydrogen (secondary N) is 2. The minimum absolute atomic E-state index is 0.0911. The van der Waals surface area contributed by atoms with Gasteiger partial charge >= 0.3 is 0 Å². The van der Waals surface area contributed by atoms with Crippen molar-refractivity contribution in [2.24, 2.45) is 7.05 Å². The van der Waals surface area contributed by atoms with Gasteiger partial charge in [-0.2, -0.15) is 4.98 Å². The molecule has 0 spiro atoms. The summed E-state index contributed by atoms with van der Waals surface area (Å²) in [6.45, 7) is 3.91. The van der Waals surface area contributed by atoms with E-state index >= 15 is 0 Å². The average Bonchev–Trinajstić information content (AvgIpc) is 3.51. The Morgan fingerprint density at radius 1 is 1.18 bits per heavy atom. The Balaban J connectivity index is 1.30. The van der Waals surface area contributed by atoms with Crippen molar-refractivity contribution >= 4 is 34.1 Å². The first kappa shape index (κ1) is 23.9. The summed E-state index contributed by atoms with van der Waals surface area (Å²) in [5, 5.41) is 7.54. The van der Waals surface area contributed by atoms with Gasteiger partial charge in [-0.25, -0.2) is 4.98 Å². The Kier molecular flexibility index (Phi) is 5.67. The summed E-state index contributed by atoms with van der Waals surface area (Å²) in [6.07, 6.45) is 3.83. The van der Waals surface area contributed by atoms with Crippen LogP contribution in [0, 0.1) is 0 Å². The van der Waals surface area contributed by atoms with E-state index in [9.17, 15) is 4.79 Å². The van der Waals surface area contributed by atoms with Crippen LogP contribution in [0.5, 0.6) is 5.88 Å². The quantitative estimate of drug-likeness (QED) is 0.410. The van der Waals surface area contributed by atoms with Crippen LogP contribution in [0.3, 0.4) is 0 Å². The molecule has 3 aromatic heterocycles. The Labute approximate surface area is 226 Å². The summed E-state index contributed by atoms with van der Waals surface area (Å²) in [6, 6.07) is 10.4. The molecule has 3 aliphatic heterocycles. The molecule has 6 heterocycles. The van der Waals surface area contributed by atoms with Gasteiger partial charge in [-0.05, 0) is 60.6 Å². The number of hydrogen-bond donors (Lipinski definition) is 2. The fourth-order valence-electron chi connectivity index (χ4n) is 6.00. The topological polar surface area (TPSA) is 96.8 Å². The number of amides is 1. The molecule has 1 atom stereocenters. The van der Waals surface area contributed by atoms with Crippen molar-refractivity contribution in [3.8, 4) is 17.0 Å². The Morgan fingerprint density at radius 3 is 2.95 bits per heavy atom. The molecular weight excluding hydrogens is 494 g/mol. The van der Waals surface area contributed by atoms with E-state index in [0.29, 0.717) is 43.6 Å². The lowest BCUT2D eigenvalue weighted by Gasteiger charge is -2.42. The molecular formula is C29H31N7O3. The monoisotopic (exact) mass is 525 g/mol. The molecule has 0 radical (unpaired) electrons. The number of aromatic nitrogens is 3. The van der Waals surface area contributed by atoms with E-state index < -0.39 is 0 Å². The van der Waals surface area contributed by atoms with Crippen molar-refractivity contribution in [2.45, 2.75) is 19.1 Å². The van der Waals surface area contributed by atoms with Crippen LogP contribution in [0.2, 0.25) is 0 Å². The number of aryl methyl sites for hydroxylation is 1. The highest BCUT2D eigenvalue weighted by Crippen LogP contribution is 2.41. The highest BCUT2D eigenvalue weighted by atomic mass is 16.5. The minimum Gasteiger partial charge on any atom is -0.474 e. The van der Waals surface area contributed by atoms with Crippen LogP contribution in [0.1, 0.15) is 21.5 Å².